The Morgan fingerprint density at radius 3 is 2.68 bits per heavy atom. The van der Waals surface area contributed by atoms with Crippen molar-refractivity contribution in [3.63, 3.8) is 0 Å². The number of nitrogens with zero attached hydrogens (tertiary/aromatic N) is 2. The van der Waals surface area contributed by atoms with E-state index in [4.69, 9.17) is 9.47 Å². The fourth-order valence-corrected chi connectivity index (χ4v) is 2.38. The minimum atomic E-state index is -0.984. The van der Waals surface area contributed by atoms with Crippen LogP contribution in [0.25, 0.3) is 0 Å². The van der Waals surface area contributed by atoms with Gasteiger partial charge in [0, 0.05) is 6.07 Å². The molecule has 1 saturated carbocycles. The average molecular weight is 347 g/mol. The van der Waals surface area contributed by atoms with Gasteiger partial charge in [-0.15, -0.1) is 0 Å². The molecule has 2 rings (SSSR count). The van der Waals surface area contributed by atoms with Gasteiger partial charge in [0.05, 0.1) is 23.7 Å². The molecule has 0 spiro atoms. The number of carbonyl (C=O) groups is 2. The number of nitriles is 1. The van der Waals surface area contributed by atoms with Gasteiger partial charge in [-0.1, -0.05) is 0 Å². The van der Waals surface area contributed by atoms with Crippen LogP contribution in [0.3, 0.4) is 0 Å². The number of benzene rings is 1. The summed E-state index contributed by atoms with van der Waals surface area (Å²) in [5, 5.41) is 22.7. The van der Waals surface area contributed by atoms with Crippen molar-refractivity contribution >= 4 is 17.6 Å². The Kier molecular flexibility index (Phi) is 5.22. The van der Waals surface area contributed by atoms with Gasteiger partial charge in [-0.2, -0.15) is 5.26 Å². The molecule has 0 saturated heterocycles. The highest BCUT2D eigenvalue weighted by Crippen LogP contribution is 2.39. The Hall–Kier alpha value is -3.15. The number of nitro groups is 1. The number of esters is 1. The molecule has 1 amide bonds. The summed E-state index contributed by atoms with van der Waals surface area (Å²) in [6, 6.07) is 5.65. The van der Waals surface area contributed by atoms with Crippen molar-refractivity contribution in [1.29, 1.82) is 5.26 Å². The molecule has 9 heteroatoms. The average Bonchev–Trinajstić information content (AvgIpc) is 3.44. The van der Waals surface area contributed by atoms with Crippen LogP contribution in [0.5, 0.6) is 5.75 Å². The van der Waals surface area contributed by atoms with Gasteiger partial charge in [0.2, 0.25) is 0 Å². The van der Waals surface area contributed by atoms with Crippen LogP contribution in [-0.4, -0.2) is 36.1 Å². The standard InChI is InChI=1S/C16H17N3O6/c1-16(9-17,11-4-5-11)18-14(20)8-25-15(21)10-3-6-13(24-2)12(7-10)19(22)23/h3,6-7,11H,4-5,8H2,1-2H3,(H,18,20)/t16-/m1/s1. The number of rotatable bonds is 7. The molecule has 0 aromatic heterocycles. The zero-order valence-electron chi connectivity index (χ0n) is 13.8. The van der Waals surface area contributed by atoms with Gasteiger partial charge in [0.15, 0.2) is 12.4 Å². The second kappa shape index (κ2) is 7.17. The van der Waals surface area contributed by atoms with Crippen LogP contribution in [0.2, 0.25) is 0 Å². The molecule has 0 unspecified atom stereocenters. The van der Waals surface area contributed by atoms with Gasteiger partial charge >= 0.3 is 11.7 Å². The molecule has 1 aromatic carbocycles. The van der Waals surface area contributed by atoms with E-state index in [2.05, 4.69) is 11.4 Å². The number of amides is 1. The lowest BCUT2D eigenvalue weighted by atomic mass is 9.98. The van der Waals surface area contributed by atoms with E-state index in [9.17, 15) is 25.0 Å². The van der Waals surface area contributed by atoms with E-state index in [1.807, 2.05) is 0 Å². The second-order valence-electron chi connectivity index (χ2n) is 5.86. The Morgan fingerprint density at radius 1 is 1.48 bits per heavy atom. The summed E-state index contributed by atoms with van der Waals surface area (Å²) in [4.78, 5) is 34.1. The van der Waals surface area contributed by atoms with Crippen molar-refractivity contribution in [3.05, 3.63) is 33.9 Å². The van der Waals surface area contributed by atoms with Crippen molar-refractivity contribution in [2.45, 2.75) is 25.3 Å². The van der Waals surface area contributed by atoms with E-state index in [0.717, 1.165) is 18.9 Å². The second-order valence-corrected chi connectivity index (χ2v) is 5.86. The van der Waals surface area contributed by atoms with E-state index in [1.54, 1.807) is 6.92 Å². The lowest BCUT2D eigenvalue weighted by Gasteiger charge is -2.22. The van der Waals surface area contributed by atoms with Gasteiger partial charge in [-0.05, 0) is 37.8 Å². The third-order valence-corrected chi connectivity index (χ3v) is 3.97. The Morgan fingerprint density at radius 2 is 2.16 bits per heavy atom. The van der Waals surface area contributed by atoms with E-state index in [-0.39, 0.29) is 22.9 Å². The van der Waals surface area contributed by atoms with Crippen LogP contribution in [-0.2, 0) is 9.53 Å². The van der Waals surface area contributed by atoms with Gasteiger partial charge in [0.1, 0.15) is 5.54 Å². The first-order chi connectivity index (χ1) is 11.8. The van der Waals surface area contributed by atoms with Crippen LogP contribution < -0.4 is 10.1 Å². The predicted octanol–water partition coefficient (Wildman–Crippen LogP) is 1.57. The Labute approximate surface area is 143 Å². The largest absolute Gasteiger partial charge is 0.490 e. The summed E-state index contributed by atoms with van der Waals surface area (Å²) in [6.45, 7) is 1.04. The smallest absolute Gasteiger partial charge is 0.338 e. The molecule has 1 atom stereocenters. The van der Waals surface area contributed by atoms with Gasteiger partial charge in [0.25, 0.3) is 5.91 Å². The minimum Gasteiger partial charge on any atom is -0.490 e. The fourth-order valence-electron chi connectivity index (χ4n) is 2.38. The van der Waals surface area contributed by atoms with Gasteiger partial charge in [-0.3, -0.25) is 14.9 Å². The number of methoxy groups -OCH3 is 1. The van der Waals surface area contributed by atoms with Crippen LogP contribution in [0.1, 0.15) is 30.1 Å². The topological polar surface area (TPSA) is 132 Å². The highest BCUT2D eigenvalue weighted by molar-refractivity contribution is 5.92. The number of nitro benzene ring substituents is 1. The summed E-state index contributed by atoms with van der Waals surface area (Å²) in [5.41, 5.74) is -1.44. The first-order valence-corrected chi connectivity index (χ1v) is 7.52. The van der Waals surface area contributed by atoms with E-state index >= 15 is 0 Å². The fraction of sp³-hybridized carbons (Fsp3) is 0.438. The zero-order chi connectivity index (χ0) is 18.6. The summed E-state index contributed by atoms with van der Waals surface area (Å²) < 4.78 is 9.71. The first kappa shape index (κ1) is 18.2. The summed E-state index contributed by atoms with van der Waals surface area (Å²) in [5.74, 6) is -1.38. The molecule has 1 aliphatic rings. The van der Waals surface area contributed by atoms with Gasteiger partial charge in [-0.25, -0.2) is 4.79 Å². The van der Waals surface area contributed by atoms with Crippen molar-refractivity contribution in [2.24, 2.45) is 5.92 Å². The third-order valence-electron chi connectivity index (χ3n) is 3.97. The molecule has 1 fully saturated rings. The summed E-state index contributed by atoms with van der Waals surface area (Å²) >= 11 is 0. The molecule has 1 aromatic rings. The molecular weight excluding hydrogens is 330 g/mol. The highest BCUT2D eigenvalue weighted by atomic mass is 16.6. The highest BCUT2D eigenvalue weighted by Gasteiger charge is 2.43. The number of hydrogen-bond donors (Lipinski definition) is 1. The molecule has 132 valence electrons. The van der Waals surface area contributed by atoms with Crippen molar-refractivity contribution in [3.8, 4) is 11.8 Å². The maximum absolute atomic E-state index is 12.0. The predicted molar refractivity (Wildman–Crippen MR) is 84.8 cm³/mol. The molecule has 0 aliphatic heterocycles. The number of nitrogens with one attached hydrogen (secondary N) is 1. The number of hydrogen-bond acceptors (Lipinski definition) is 7. The molecule has 1 aliphatic carbocycles. The van der Waals surface area contributed by atoms with E-state index in [1.165, 1.54) is 19.2 Å². The number of ether oxygens (including phenoxy) is 2. The lowest BCUT2D eigenvalue weighted by Crippen LogP contribution is -2.48. The van der Waals surface area contributed by atoms with E-state index in [0.29, 0.717) is 0 Å². The van der Waals surface area contributed by atoms with Crippen molar-refractivity contribution in [1.82, 2.24) is 5.32 Å². The van der Waals surface area contributed by atoms with Crippen molar-refractivity contribution in [2.75, 3.05) is 13.7 Å². The molecule has 0 bridgehead atoms. The molecule has 0 heterocycles. The maximum Gasteiger partial charge on any atom is 0.338 e. The van der Waals surface area contributed by atoms with Crippen LogP contribution in [0.15, 0.2) is 18.2 Å². The van der Waals surface area contributed by atoms with Crippen LogP contribution in [0, 0.1) is 27.4 Å². The summed E-state index contributed by atoms with van der Waals surface area (Å²) in [7, 11) is 1.27. The monoisotopic (exact) mass is 347 g/mol. The maximum atomic E-state index is 12.0. The van der Waals surface area contributed by atoms with Crippen LogP contribution >= 0.6 is 0 Å². The molecular formula is C16H17N3O6. The molecule has 0 radical (unpaired) electrons. The third kappa shape index (κ3) is 4.23. The minimum absolute atomic E-state index is 0.00788. The van der Waals surface area contributed by atoms with Crippen LogP contribution in [0.4, 0.5) is 5.69 Å². The zero-order valence-corrected chi connectivity index (χ0v) is 13.8. The lowest BCUT2D eigenvalue weighted by molar-refractivity contribution is -0.385. The molecule has 25 heavy (non-hydrogen) atoms. The quantitative estimate of drug-likeness (QED) is 0.450. The SMILES string of the molecule is COc1ccc(C(=O)OCC(=O)N[C@](C)(C#N)C2CC2)cc1[N+](=O)[O-]. The first-order valence-electron chi connectivity index (χ1n) is 7.52. The van der Waals surface area contributed by atoms with Crippen molar-refractivity contribution < 1.29 is 24.0 Å². The van der Waals surface area contributed by atoms with Gasteiger partial charge < -0.3 is 14.8 Å². The normalized spacial score (nSPS) is 15.4. The molecule has 1 N–H and O–H groups in total. The summed E-state index contributed by atoms with van der Waals surface area (Å²) in [6.07, 6.45) is 1.72. The Balaban J connectivity index is 1.98. The Bertz CT molecular complexity index is 753. The number of carbonyl (C=O) groups excluding carboxylic acids is 2. The molecule has 9 nitrogen and oxygen atoms in total. The van der Waals surface area contributed by atoms with E-state index < -0.39 is 28.9 Å².